The Morgan fingerprint density at radius 1 is 1.16 bits per heavy atom. The average molecular weight is 438 g/mol. The molecule has 0 atom stereocenters. The normalized spacial score (nSPS) is 11.4. The summed E-state index contributed by atoms with van der Waals surface area (Å²) in [6, 6.07) is 13.5. The van der Waals surface area contributed by atoms with Crippen molar-refractivity contribution in [3.63, 3.8) is 0 Å². The van der Waals surface area contributed by atoms with Gasteiger partial charge in [-0.2, -0.15) is 9.67 Å². The van der Waals surface area contributed by atoms with Crippen molar-refractivity contribution < 1.29 is 13.2 Å². The Morgan fingerprint density at radius 3 is 2.74 bits per heavy atom. The number of fused-ring (bicyclic) bond motifs is 1. The number of nitrogens with one attached hydrogen (secondary N) is 2. The van der Waals surface area contributed by atoms with Crippen LogP contribution in [0.15, 0.2) is 59.6 Å². The van der Waals surface area contributed by atoms with Gasteiger partial charge in [0.2, 0.25) is 21.9 Å². The summed E-state index contributed by atoms with van der Waals surface area (Å²) in [6.07, 6.45) is 1.51. The summed E-state index contributed by atoms with van der Waals surface area (Å²) in [5, 5.41) is 19.1. The first-order chi connectivity index (χ1) is 14.8. The van der Waals surface area contributed by atoms with E-state index >= 15 is 0 Å². The van der Waals surface area contributed by atoms with Crippen molar-refractivity contribution in [2.75, 3.05) is 5.32 Å². The molecular weight excluding hydrogens is 420 g/mol. The number of anilines is 2. The Morgan fingerprint density at radius 2 is 1.97 bits per heavy atom. The minimum atomic E-state index is -3.83. The number of hydrogen-bond donors (Lipinski definition) is 3. The van der Waals surface area contributed by atoms with Crippen LogP contribution in [0.3, 0.4) is 0 Å². The molecular formula is C19H18N8O3S. The standard InChI is InChI=1S/C19H18N8O3S/c1-12(28)21-10-13-4-2-6-15(8-13)27-18-17(25-26-27)11-22-19(24-18)23-14-5-3-7-16(9-14)31(20,29)30/h2-9,11H,10H2,1H3,(H,21,28)(H2,20,29,30)(H,22,23,24). The van der Waals surface area contributed by atoms with Crippen molar-refractivity contribution in [2.45, 2.75) is 18.4 Å². The molecule has 2 heterocycles. The first-order valence-electron chi connectivity index (χ1n) is 9.12. The molecule has 0 aliphatic carbocycles. The number of carbonyl (C=O) groups excluding carboxylic acids is 1. The number of sulfonamides is 1. The quantitative estimate of drug-likeness (QED) is 0.406. The lowest BCUT2D eigenvalue weighted by Gasteiger charge is -2.08. The minimum Gasteiger partial charge on any atom is -0.352 e. The van der Waals surface area contributed by atoms with Crippen LogP contribution < -0.4 is 15.8 Å². The van der Waals surface area contributed by atoms with Crippen LogP contribution in [0.2, 0.25) is 0 Å². The van der Waals surface area contributed by atoms with Gasteiger partial charge in [-0.1, -0.05) is 23.4 Å². The van der Waals surface area contributed by atoms with E-state index in [1.54, 1.807) is 16.8 Å². The highest BCUT2D eigenvalue weighted by atomic mass is 32.2. The number of aromatic nitrogens is 5. The monoisotopic (exact) mass is 438 g/mol. The number of benzene rings is 2. The molecule has 0 saturated carbocycles. The molecule has 12 heteroatoms. The molecule has 158 valence electrons. The van der Waals surface area contributed by atoms with E-state index in [1.165, 1.54) is 25.3 Å². The number of amides is 1. The maximum Gasteiger partial charge on any atom is 0.238 e. The van der Waals surface area contributed by atoms with Crippen molar-refractivity contribution in [1.82, 2.24) is 30.3 Å². The number of carbonyl (C=O) groups is 1. The molecule has 2 aromatic heterocycles. The van der Waals surface area contributed by atoms with Crippen LogP contribution in [0.1, 0.15) is 12.5 Å². The van der Waals surface area contributed by atoms with Crippen LogP contribution in [0.4, 0.5) is 11.6 Å². The molecule has 0 fully saturated rings. The predicted octanol–water partition coefficient (Wildman–Crippen LogP) is 1.24. The molecule has 4 rings (SSSR count). The van der Waals surface area contributed by atoms with Crippen molar-refractivity contribution >= 4 is 38.7 Å². The van der Waals surface area contributed by atoms with E-state index in [2.05, 4.69) is 30.9 Å². The predicted molar refractivity (Wildman–Crippen MR) is 113 cm³/mol. The summed E-state index contributed by atoms with van der Waals surface area (Å²) in [7, 11) is -3.83. The van der Waals surface area contributed by atoms with Gasteiger partial charge in [-0.3, -0.25) is 4.79 Å². The summed E-state index contributed by atoms with van der Waals surface area (Å²) in [6.45, 7) is 1.84. The lowest BCUT2D eigenvalue weighted by molar-refractivity contribution is -0.119. The molecule has 1 amide bonds. The third-order valence-electron chi connectivity index (χ3n) is 4.31. The van der Waals surface area contributed by atoms with E-state index in [1.807, 2.05) is 24.3 Å². The fourth-order valence-corrected chi connectivity index (χ4v) is 3.43. The van der Waals surface area contributed by atoms with Crippen LogP contribution in [-0.4, -0.2) is 39.3 Å². The second kappa shape index (κ2) is 8.08. The highest BCUT2D eigenvalue weighted by Gasteiger charge is 2.12. The van der Waals surface area contributed by atoms with Crippen molar-refractivity contribution in [3.8, 4) is 5.69 Å². The zero-order valence-corrected chi connectivity index (χ0v) is 17.2. The molecule has 0 radical (unpaired) electrons. The van der Waals surface area contributed by atoms with Gasteiger partial charge in [-0.25, -0.2) is 18.5 Å². The Balaban J connectivity index is 1.66. The lowest BCUT2D eigenvalue weighted by atomic mass is 10.2. The Bertz CT molecular complexity index is 1380. The van der Waals surface area contributed by atoms with E-state index in [0.717, 1.165) is 5.56 Å². The summed E-state index contributed by atoms with van der Waals surface area (Å²) >= 11 is 0. The largest absolute Gasteiger partial charge is 0.352 e. The fourth-order valence-electron chi connectivity index (χ4n) is 2.87. The van der Waals surface area contributed by atoms with Gasteiger partial charge in [0.05, 0.1) is 16.8 Å². The molecule has 0 spiro atoms. The topological polar surface area (TPSA) is 158 Å². The van der Waals surface area contributed by atoms with E-state index in [0.29, 0.717) is 29.1 Å². The molecule has 0 saturated heterocycles. The van der Waals surface area contributed by atoms with E-state index < -0.39 is 10.0 Å². The van der Waals surface area contributed by atoms with Crippen molar-refractivity contribution in [1.29, 1.82) is 0 Å². The van der Waals surface area contributed by atoms with E-state index in [9.17, 15) is 13.2 Å². The Kier molecular flexibility index (Phi) is 5.31. The third-order valence-corrected chi connectivity index (χ3v) is 5.22. The van der Waals surface area contributed by atoms with Crippen LogP contribution in [0.25, 0.3) is 16.9 Å². The number of primary sulfonamides is 1. The van der Waals surface area contributed by atoms with Gasteiger partial charge in [-0.15, -0.1) is 5.10 Å². The molecule has 0 unspecified atom stereocenters. The summed E-state index contributed by atoms with van der Waals surface area (Å²) in [5.41, 5.74) is 3.00. The maximum atomic E-state index is 11.6. The van der Waals surface area contributed by atoms with Gasteiger partial charge >= 0.3 is 0 Å². The maximum absolute atomic E-state index is 11.6. The molecule has 11 nitrogen and oxygen atoms in total. The van der Waals surface area contributed by atoms with Gasteiger partial charge in [0.15, 0.2) is 11.2 Å². The van der Waals surface area contributed by atoms with Crippen LogP contribution in [0, 0.1) is 0 Å². The Labute approximate surface area is 177 Å². The smallest absolute Gasteiger partial charge is 0.238 e. The first kappa shape index (κ1) is 20.4. The lowest BCUT2D eigenvalue weighted by Crippen LogP contribution is -2.18. The number of nitrogens with two attached hydrogens (primary N) is 1. The van der Waals surface area contributed by atoms with Crippen molar-refractivity contribution in [3.05, 3.63) is 60.3 Å². The van der Waals surface area contributed by atoms with Crippen molar-refractivity contribution in [2.24, 2.45) is 5.14 Å². The fraction of sp³-hybridized carbons (Fsp3) is 0.105. The summed E-state index contributed by atoms with van der Waals surface area (Å²) in [5.74, 6) is 0.114. The van der Waals surface area contributed by atoms with Gasteiger partial charge in [0.1, 0.15) is 0 Å². The number of rotatable bonds is 6. The zero-order chi connectivity index (χ0) is 22.0. The third kappa shape index (κ3) is 4.65. The minimum absolute atomic E-state index is 0.0266. The van der Waals surface area contributed by atoms with Crippen LogP contribution in [0.5, 0.6) is 0 Å². The zero-order valence-electron chi connectivity index (χ0n) is 16.3. The molecule has 0 aliphatic rings. The molecule has 4 aromatic rings. The number of hydrogen-bond acceptors (Lipinski definition) is 8. The summed E-state index contributed by atoms with van der Waals surface area (Å²) in [4.78, 5) is 19.8. The van der Waals surface area contributed by atoms with Gasteiger partial charge in [0.25, 0.3) is 0 Å². The van der Waals surface area contributed by atoms with E-state index in [4.69, 9.17) is 5.14 Å². The van der Waals surface area contributed by atoms with Crippen LogP contribution >= 0.6 is 0 Å². The molecule has 0 bridgehead atoms. The average Bonchev–Trinajstić information content (AvgIpc) is 3.15. The van der Waals surface area contributed by atoms with E-state index in [-0.39, 0.29) is 16.8 Å². The molecule has 4 N–H and O–H groups in total. The number of nitrogens with zero attached hydrogens (tertiary/aromatic N) is 5. The molecule has 31 heavy (non-hydrogen) atoms. The second-order valence-corrected chi connectivity index (χ2v) is 8.24. The Hall–Kier alpha value is -3.90. The van der Waals surface area contributed by atoms with Gasteiger partial charge in [-0.05, 0) is 35.9 Å². The summed E-state index contributed by atoms with van der Waals surface area (Å²) < 4.78 is 24.7. The first-order valence-corrected chi connectivity index (χ1v) is 10.7. The highest BCUT2D eigenvalue weighted by molar-refractivity contribution is 7.89. The van der Waals surface area contributed by atoms with Gasteiger partial charge in [0, 0.05) is 19.2 Å². The molecule has 2 aromatic carbocycles. The SMILES string of the molecule is CC(=O)NCc1cccc(-n2nnc3cnc(Nc4cccc(S(N)(=O)=O)c4)nc32)c1. The van der Waals surface area contributed by atoms with Crippen LogP contribution in [-0.2, 0) is 21.4 Å². The van der Waals surface area contributed by atoms with Gasteiger partial charge < -0.3 is 10.6 Å². The molecule has 0 aliphatic heterocycles. The second-order valence-electron chi connectivity index (χ2n) is 6.68. The highest BCUT2D eigenvalue weighted by Crippen LogP contribution is 2.20.